The molecule has 2 aliphatic carbocycles. The number of nitrogens with zero attached hydrogens (tertiary/aromatic N) is 2. The Labute approximate surface area is 138 Å². The predicted molar refractivity (Wildman–Crippen MR) is 87.0 cm³/mol. The highest BCUT2D eigenvalue weighted by Crippen LogP contribution is 2.61. The molecule has 5 heteroatoms. The van der Waals surface area contributed by atoms with Gasteiger partial charge in [-0.3, -0.25) is 9.59 Å². The molecule has 5 rings (SSSR count). The van der Waals surface area contributed by atoms with Gasteiger partial charge in [0, 0.05) is 11.6 Å². The SMILES string of the molecule is O=C1[C@@H]2[C@H]3C[C@H]([C@H]2C(=O)N1c1nccs1)[C@H](c1ccccc1)C3. The summed E-state index contributed by atoms with van der Waals surface area (Å²) in [6, 6.07) is 10.4. The van der Waals surface area contributed by atoms with Crippen LogP contribution in [0.5, 0.6) is 0 Å². The van der Waals surface area contributed by atoms with Gasteiger partial charge in [0.15, 0.2) is 5.13 Å². The molecule has 2 aromatic rings. The lowest BCUT2D eigenvalue weighted by molar-refractivity contribution is -0.123. The fourth-order valence-electron chi connectivity index (χ4n) is 5.06. The van der Waals surface area contributed by atoms with E-state index in [9.17, 15) is 9.59 Å². The molecule has 1 aromatic heterocycles. The van der Waals surface area contributed by atoms with Gasteiger partial charge in [-0.05, 0) is 36.2 Å². The minimum Gasteiger partial charge on any atom is -0.274 e. The van der Waals surface area contributed by atoms with Crippen molar-refractivity contribution in [2.45, 2.75) is 18.8 Å². The molecule has 2 bridgehead atoms. The van der Waals surface area contributed by atoms with E-state index >= 15 is 0 Å². The number of thiazole rings is 1. The number of hydrogen-bond donors (Lipinski definition) is 0. The summed E-state index contributed by atoms with van der Waals surface area (Å²) in [6.07, 6.45) is 3.69. The quantitative estimate of drug-likeness (QED) is 0.798. The number of benzene rings is 1. The fourth-order valence-corrected chi connectivity index (χ4v) is 5.71. The maximum atomic E-state index is 12.9. The lowest BCUT2D eigenvalue weighted by Crippen LogP contribution is -2.32. The zero-order valence-corrected chi connectivity index (χ0v) is 13.3. The first-order chi connectivity index (χ1) is 11.3. The summed E-state index contributed by atoms with van der Waals surface area (Å²) < 4.78 is 0. The smallest absolute Gasteiger partial charge is 0.239 e. The van der Waals surface area contributed by atoms with Crippen LogP contribution in [0.3, 0.4) is 0 Å². The summed E-state index contributed by atoms with van der Waals surface area (Å²) in [5.41, 5.74) is 1.31. The first-order valence-corrected chi connectivity index (χ1v) is 8.96. The van der Waals surface area contributed by atoms with E-state index < -0.39 is 0 Å². The average molecular weight is 324 g/mol. The molecule has 23 heavy (non-hydrogen) atoms. The van der Waals surface area contributed by atoms with Crippen LogP contribution in [-0.4, -0.2) is 16.8 Å². The first kappa shape index (κ1) is 13.4. The normalized spacial score (nSPS) is 35.1. The third-order valence-corrected chi connectivity index (χ3v) is 6.61. The largest absolute Gasteiger partial charge is 0.274 e. The van der Waals surface area contributed by atoms with Crippen molar-refractivity contribution in [1.29, 1.82) is 0 Å². The van der Waals surface area contributed by atoms with E-state index in [1.165, 1.54) is 21.8 Å². The third kappa shape index (κ3) is 1.74. The standard InChI is InChI=1S/C18H16N2O2S/c21-16-14-11-8-12(10-4-2-1-3-5-10)13(9-11)15(14)17(22)20(16)18-19-6-7-23-18/h1-7,11-15H,8-9H2/t11-,12+,13+,14-,15-/m1/s1. The van der Waals surface area contributed by atoms with E-state index in [0.29, 0.717) is 22.9 Å². The first-order valence-electron chi connectivity index (χ1n) is 8.08. The van der Waals surface area contributed by atoms with Gasteiger partial charge in [0.1, 0.15) is 0 Å². The van der Waals surface area contributed by atoms with Crippen LogP contribution < -0.4 is 4.90 Å². The molecule has 2 amide bonds. The minimum absolute atomic E-state index is 0.0195. The number of fused-ring (bicyclic) bond motifs is 5. The van der Waals surface area contributed by atoms with E-state index in [0.717, 1.165) is 12.8 Å². The summed E-state index contributed by atoms with van der Waals surface area (Å²) in [7, 11) is 0. The molecule has 3 aliphatic rings. The number of anilines is 1. The highest BCUT2D eigenvalue weighted by atomic mass is 32.1. The van der Waals surface area contributed by atoms with E-state index in [4.69, 9.17) is 0 Å². The molecule has 1 aliphatic heterocycles. The molecule has 0 unspecified atom stereocenters. The van der Waals surface area contributed by atoms with Crippen LogP contribution in [0, 0.1) is 23.7 Å². The highest BCUT2D eigenvalue weighted by Gasteiger charge is 2.64. The zero-order valence-electron chi connectivity index (χ0n) is 12.5. The van der Waals surface area contributed by atoms with Gasteiger partial charge in [-0.1, -0.05) is 30.3 Å². The lowest BCUT2D eigenvalue weighted by Gasteiger charge is -2.28. The van der Waals surface area contributed by atoms with Crippen LogP contribution >= 0.6 is 11.3 Å². The number of aromatic nitrogens is 1. The van der Waals surface area contributed by atoms with Crippen LogP contribution in [0.4, 0.5) is 5.13 Å². The molecule has 0 N–H and O–H groups in total. The van der Waals surface area contributed by atoms with Gasteiger partial charge in [0.2, 0.25) is 11.8 Å². The topological polar surface area (TPSA) is 50.3 Å². The molecule has 2 saturated carbocycles. The van der Waals surface area contributed by atoms with Gasteiger partial charge in [-0.15, -0.1) is 11.3 Å². The van der Waals surface area contributed by atoms with Crippen molar-refractivity contribution in [3.05, 3.63) is 47.5 Å². The Morgan fingerprint density at radius 2 is 1.83 bits per heavy atom. The van der Waals surface area contributed by atoms with Crippen LogP contribution in [0.25, 0.3) is 0 Å². The van der Waals surface area contributed by atoms with Crippen molar-refractivity contribution < 1.29 is 9.59 Å². The maximum Gasteiger partial charge on any atom is 0.239 e. The van der Waals surface area contributed by atoms with E-state index in [-0.39, 0.29) is 23.7 Å². The Kier molecular flexibility index (Phi) is 2.77. The fraction of sp³-hybridized carbons (Fsp3) is 0.389. The summed E-state index contributed by atoms with van der Waals surface area (Å²) in [4.78, 5) is 31.3. The molecular formula is C18H16N2O2S. The Bertz CT molecular complexity index is 774. The number of hydrogen-bond acceptors (Lipinski definition) is 4. The van der Waals surface area contributed by atoms with Crippen molar-refractivity contribution in [3.63, 3.8) is 0 Å². The number of imide groups is 1. The predicted octanol–water partition coefficient (Wildman–Crippen LogP) is 3.07. The maximum absolute atomic E-state index is 12.9. The summed E-state index contributed by atoms with van der Waals surface area (Å²) in [5, 5.41) is 2.34. The van der Waals surface area contributed by atoms with Crippen molar-refractivity contribution in [2.24, 2.45) is 23.7 Å². The molecule has 0 spiro atoms. The van der Waals surface area contributed by atoms with E-state index in [1.54, 1.807) is 6.20 Å². The molecular weight excluding hydrogens is 308 g/mol. The number of carbonyl (C=O) groups is 2. The lowest BCUT2D eigenvalue weighted by atomic mass is 9.73. The second kappa shape index (κ2) is 4.74. The Morgan fingerprint density at radius 1 is 1.04 bits per heavy atom. The second-order valence-corrected chi connectivity index (χ2v) is 7.66. The van der Waals surface area contributed by atoms with Gasteiger partial charge < -0.3 is 0 Å². The van der Waals surface area contributed by atoms with Crippen molar-refractivity contribution in [1.82, 2.24) is 4.98 Å². The van der Waals surface area contributed by atoms with E-state index in [2.05, 4.69) is 29.2 Å². The van der Waals surface area contributed by atoms with Crippen molar-refractivity contribution in [3.8, 4) is 0 Å². The second-order valence-electron chi connectivity index (χ2n) is 6.79. The van der Waals surface area contributed by atoms with Crippen LogP contribution in [0.15, 0.2) is 41.9 Å². The van der Waals surface area contributed by atoms with Gasteiger partial charge in [0.25, 0.3) is 0 Å². The molecule has 3 fully saturated rings. The van der Waals surface area contributed by atoms with E-state index in [1.807, 2.05) is 11.4 Å². The summed E-state index contributed by atoms with van der Waals surface area (Å²) in [5.74, 6) is 0.754. The Balaban J connectivity index is 1.51. The average Bonchev–Trinajstić information content (AvgIpc) is 3.32. The summed E-state index contributed by atoms with van der Waals surface area (Å²) in [6.45, 7) is 0. The minimum atomic E-state index is -0.143. The molecule has 4 nitrogen and oxygen atoms in total. The zero-order chi connectivity index (χ0) is 15.6. The molecule has 0 radical (unpaired) electrons. The van der Waals surface area contributed by atoms with Gasteiger partial charge in [0.05, 0.1) is 11.8 Å². The van der Waals surface area contributed by atoms with Gasteiger partial charge in [-0.25, -0.2) is 9.88 Å². The number of amides is 2. The van der Waals surface area contributed by atoms with Crippen LogP contribution in [-0.2, 0) is 9.59 Å². The molecule has 1 saturated heterocycles. The van der Waals surface area contributed by atoms with Gasteiger partial charge >= 0.3 is 0 Å². The third-order valence-electron chi connectivity index (χ3n) is 5.85. The number of carbonyl (C=O) groups excluding carboxylic acids is 2. The van der Waals surface area contributed by atoms with Crippen molar-refractivity contribution in [2.75, 3.05) is 4.90 Å². The number of rotatable bonds is 2. The Morgan fingerprint density at radius 3 is 2.57 bits per heavy atom. The molecule has 5 atom stereocenters. The van der Waals surface area contributed by atoms with Crippen LogP contribution in [0.2, 0.25) is 0 Å². The summed E-state index contributed by atoms with van der Waals surface area (Å²) >= 11 is 1.36. The monoisotopic (exact) mass is 324 g/mol. The molecule has 2 heterocycles. The van der Waals surface area contributed by atoms with Gasteiger partial charge in [-0.2, -0.15) is 0 Å². The molecule has 1 aromatic carbocycles. The van der Waals surface area contributed by atoms with Crippen molar-refractivity contribution >= 4 is 28.3 Å². The highest BCUT2D eigenvalue weighted by molar-refractivity contribution is 7.14. The van der Waals surface area contributed by atoms with Crippen LogP contribution in [0.1, 0.15) is 24.3 Å². The molecule has 116 valence electrons. The Hall–Kier alpha value is -2.01.